The maximum Gasteiger partial charge on any atom is 0.146 e. The van der Waals surface area contributed by atoms with Gasteiger partial charge in [-0.05, 0) is 30.3 Å². The van der Waals surface area contributed by atoms with Crippen molar-refractivity contribution in [1.82, 2.24) is 10.2 Å². The third kappa shape index (κ3) is 2.16. The van der Waals surface area contributed by atoms with Crippen LogP contribution in [-0.2, 0) is 0 Å². The van der Waals surface area contributed by atoms with Gasteiger partial charge in [0.15, 0.2) is 0 Å². The Bertz CT molecular complexity index is 572. The number of rotatable bonds is 2. The summed E-state index contributed by atoms with van der Waals surface area (Å²) in [6.07, 6.45) is 0. The quantitative estimate of drug-likeness (QED) is 0.840. The SMILES string of the molecule is COc1ccc(C#N)cc1-c1ccc(N)nn1. The van der Waals surface area contributed by atoms with E-state index < -0.39 is 0 Å². The van der Waals surface area contributed by atoms with E-state index in [1.807, 2.05) is 0 Å². The van der Waals surface area contributed by atoms with E-state index in [4.69, 9.17) is 15.7 Å². The van der Waals surface area contributed by atoms with Gasteiger partial charge in [0.25, 0.3) is 0 Å². The highest BCUT2D eigenvalue weighted by atomic mass is 16.5. The van der Waals surface area contributed by atoms with Crippen molar-refractivity contribution in [3.63, 3.8) is 0 Å². The number of nitrogens with two attached hydrogens (primary N) is 1. The zero-order chi connectivity index (χ0) is 12.3. The summed E-state index contributed by atoms with van der Waals surface area (Å²) in [6, 6.07) is 10.6. The maximum absolute atomic E-state index is 8.87. The van der Waals surface area contributed by atoms with E-state index in [1.165, 1.54) is 0 Å². The molecule has 0 radical (unpaired) electrons. The maximum atomic E-state index is 8.87. The molecule has 0 fully saturated rings. The Kier molecular flexibility index (Phi) is 2.88. The molecule has 5 nitrogen and oxygen atoms in total. The lowest BCUT2D eigenvalue weighted by molar-refractivity contribution is 0.416. The predicted molar refractivity (Wildman–Crippen MR) is 63.1 cm³/mol. The highest BCUT2D eigenvalue weighted by Crippen LogP contribution is 2.29. The molecule has 1 heterocycles. The lowest BCUT2D eigenvalue weighted by atomic mass is 10.1. The third-order valence-corrected chi connectivity index (χ3v) is 2.29. The molecule has 2 aromatic rings. The molecule has 0 atom stereocenters. The van der Waals surface area contributed by atoms with Crippen LogP contribution in [0.5, 0.6) is 5.75 Å². The van der Waals surface area contributed by atoms with Crippen LogP contribution in [0.2, 0.25) is 0 Å². The van der Waals surface area contributed by atoms with Gasteiger partial charge in [0, 0.05) is 5.56 Å². The van der Waals surface area contributed by atoms with Crippen LogP contribution in [0.25, 0.3) is 11.3 Å². The van der Waals surface area contributed by atoms with E-state index in [0.29, 0.717) is 22.8 Å². The van der Waals surface area contributed by atoms with Gasteiger partial charge in [-0.15, -0.1) is 10.2 Å². The van der Waals surface area contributed by atoms with Gasteiger partial charge in [-0.2, -0.15) is 5.26 Å². The third-order valence-electron chi connectivity index (χ3n) is 2.29. The molecular formula is C12H10N4O. The average molecular weight is 226 g/mol. The van der Waals surface area contributed by atoms with Gasteiger partial charge in [-0.3, -0.25) is 0 Å². The fourth-order valence-electron chi connectivity index (χ4n) is 1.46. The number of ether oxygens (including phenoxy) is 1. The van der Waals surface area contributed by atoms with Crippen molar-refractivity contribution in [3.05, 3.63) is 35.9 Å². The van der Waals surface area contributed by atoms with E-state index in [2.05, 4.69) is 16.3 Å². The van der Waals surface area contributed by atoms with Crippen LogP contribution in [-0.4, -0.2) is 17.3 Å². The molecule has 0 aliphatic heterocycles. The second kappa shape index (κ2) is 4.49. The second-order valence-corrected chi connectivity index (χ2v) is 3.37. The summed E-state index contributed by atoms with van der Waals surface area (Å²) in [5.41, 5.74) is 7.36. The normalized spacial score (nSPS) is 9.65. The first kappa shape index (κ1) is 10.9. The predicted octanol–water partition coefficient (Wildman–Crippen LogP) is 1.61. The molecule has 0 bridgehead atoms. The molecule has 0 aliphatic rings. The lowest BCUT2D eigenvalue weighted by Gasteiger charge is -2.07. The van der Waals surface area contributed by atoms with Gasteiger partial charge in [0.2, 0.25) is 0 Å². The fourth-order valence-corrected chi connectivity index (χ4v) is 1.46. The summed E-state index contributed by atoms with van der Waals surface area (Å²) in [7, 11) is 1.57. The Morgan fingerprint density at radius 2 is 2.06 bits per heavy atom. The molecule has 0 saturated carbocycles. The van der Waals surface area contributed by atoms with Crippen LogP contribution in [0.4, 0.5) is 5.82 Å². The van der Waals surface area contributed by atoms with E-state index in [-0.39, 0.29) is 0 Å². The monoisotopic (exact) mass is 226 g/mol. The van der Waals surface area contributed by atoms with Crippen molar-refractivity contribution < 1.29 is 4.74 Å². The molecule has 2 rings (SSSR count). The van der Waals surface area contributed by atoms with Crippen molar-refractivity contribution in [2.45, 2.75) is 0 Å². The van der Waals surface area contributed by atoms with Crippen LogP contribution in [0.15, 0.2) is 30.3 Å². The van der Waals surface area contributed by atoms with Gasteiger partial charge in [-0.25, -0.2) is 0 Å². The van der Waals surface area contributed by atoms with Crippen LogP contribution in [0, 0.1) is 11.3 Å². The van der Waals surface area contributed by atoms with Crippen LogP contribution in [0.1, 0.15) is 5.56 Å². The zero-order valence-corrected chi connectivity index (χ0v) is 9.21. The zero-order valence-electron chi connectivity index (χ0n) is 9.21. The molecule has 17 heavy (non-hydrogen) atoms. The minimum atomic E-state index is 0.351. The topological polar surface area (TPSA) is 84.8 Å². The summed E-state index contributed by atoms with van der Waals surface area (Å²) >= 11 is 0. The van der Waals surface area contributed by atoms with Gasteiger partial charge in [0.05, 0.1) is 24.4 Å². The fraction of sp³-hybridized carbons (Fsp3) is 0.0833. The first-order valence-electron chi connectivity index (χ1n) is 4.92. The Morgan fingerprint density at radius 1 is 1.24 bits per heavy atom. The number of nitrogens with zero attached hydrogens (tertiary/aromatic N) is 3. The highest BCUT2D eigenvalue weighted by molar-refractivity contribution is 5.69. The van der Waals surface area contributed by atoms with Gasteiger partial charge in [-0.1, -0.05) is 0 Å². The summed E-state index contributed by atoms with van der Waals surface area (Å²) in [5, 5.41) is 16.6. The molecule has 2 N–H and O–H groups in total. The minimum Gasteiger partial charge on any atom is -0.496 e. The number of nitrogen functional groups attached to an aromatic ring is 1. The lowest BCUT2D eigenvalue weighted by Crippen LogP contribution is -1.96. The van der Waals surface area contributed by atoms with Crippen molar-refractivity contribution in [1.29, 1.82) is 5.26 Å². The number of hydrogen-bond acceptors (Lipinski definition) is 5. The standard InChI is InChI=1S/C12H10N4O/c1-17-11-4-2-8(7-13)6-9(11)10-3-5-12(14)16-15-10/h2-6H,1H3,(H2,14,16). The van der Waals surface area contributed by atoms with E-state index in [9.17, 15) is 0 Å². The van der Waals surface area contributed by atoms with E-state index >= 15 is 0 Å². The summed E-state index contributed by atoms with van der Waals surface area (Å²) in [4.78, 5) is 0. The molecule has 1 aromatic carbocycles. The Balaban J connectivity index is 2.56. The molecule has 0 aliphatic carbocycles. The van der Waals surface area contributed by atoms with Gasteiger partial charge >= 0.3 is 0 Å². The molecule has 0 spiro atoms. The first-order valence-corrected chi connectivity index (χ1v) is 4.92. The molecule has 0 saturated heterocycles. The van der Waals surface area contributed by atoms with Crippen molar-refractivity contribution in [3.8, 4) is 23.1 Å². The van der Waals surface area contributed by atoms with E-state index in [1.54, 1.807) is 37.4 Å². The number of nitriles is 1. The smallest absolute Gasteiger partial charge is 0.146 e. The minimum absolute atomic E-state index is 0.351. The summed E-state index contributed by atoms with van der Waals surface area (Å²) in [6.45, 7) is 0. The average Bonchev–Trinajstić information content (AvgIpc) is 2.39. The molecule has 1 aromatic heterocycles. The number of methoxy groups -OCH3 is 1. The molecular weight excluding hydrogens is 216 g/mol. The highest BCUT2D eigenvalue weighted by Gasteiger charge is 2.08. The summed E-state index contributed by atoms with van der Waals surface area (Å²) < 4.78 is 5.22. The number of anilines is 1. The van der Waals surface area contributed by atoms with E-state index in [0.717, 1.165) is 5.56 Å². The number of hydrogen-bond donors (Lipinski definition) is 1. The molecule has 84 valence electrons. The Labute approximate surface area is 98.5 Å². The molecule has 5 heteroatoms. The Morgan fingerprint density at radius 3 is 2.65 bits per heavy atom. The van der Waals surface area contributed by atoms with Gasteiger partial charge in [0.1, 0.15) is 11.6 Å². The van der Waals surface area contributed by atoms with Gasteiger partial charge < -0.3 is 10.5 Å². The van der Waals surface area contributed by atoms with Crippen LogP contribution in [0.3, 0.4) is 0 Å². The van der Waals surface area contributed by atoms with Crippen molar-refractivity contribution in [2.24, 2.45) is 0 Å². The molecule has 0 unspecified atom stereocenters. The van der Waals surface area contributed by atoms with Crippen molar-refractivity contribution >= 4 is 5.82 Å². The Hall–Kier alpha value is -2.61. The van der Waals surface area contributed by atoms with Crippen LogP contribution < -0.4 is 10.5 Å². The van der Waals surface area contributed by atoms with Crippen molar-refractivity contribution in [2.75, 3.05) is 12.8 Å². The number of benzene rings is 1. The molecule has 0 amide bonds. The van der Waals surface area contributed by atoms with Crippen LogP contribution >= 0.6 is 0 Å². The largest absolute Gasteiger partial charge is 0.496 e. The first-order chi connectivity index (χ1) is 8.24. The number of aromatic nitrogens is 2. The second-order valence-electron chi connectivity index (χ2n) is 3.37. The summed E-state index contributed by atoms with van der Waals surface area (Å²) in [5.74, 6) is 0.993.